The van der Waals surface area contributed by atoms with Gasteiger partial charge in [0.2, 0.25) is 0 Å². The van der Waals surface area contributed by atoms with E-state index in [2.05, 4.69) is 10.3 Å². The molecule has 37 heavy (non-hydrogen) atoms. The Morgan fingerprint density at radius 3 is 2.57 bits per heavy atom. The Morgan fingerprint density at radius 1 is 1.24 bits per heavy atom. The lowest BCUT2D eigenvalue weighted by Crippen LogP contribution is -2.30. The molecule has 1 N–H and O–H groups in total. The first-order valence-corrected chi connectivity index (χ1v) is 12.0. The molecule has 2 aromatic carbocycles. The fraction of sp³-hybridized carbons (Fsp3) is 0.208. The Labute approximate surface area is 218 Å². The summed E-state index contributed by atoms with van der Waals surface area (Å²) in [6, 6.07) is 11.3. The van der Waals surface area contributed by atoms with E-state index in [9.17, 15) is 22.3 Å². The lowest BCUT2D eigenvalue weighted by molar-refractivity contribution is 0.102. The molecule has 0 radical (unpaired) electrons. The Hall–Kier alpha value is -3.66. The second-order valence-corrected chi connectivity index (χ2v) is 8.88. The molecule has 1 heterocycles. The fourth-order valence-corrected chi connectivity index (χ4v) is 4.13. The number of alkyl halides is 1. The van der Waals surface area contributed by atoms with Crippen molar-refractivity contribution in [3.63, 3.8) is 0 Å². The number of rotatable bonds is 10. The molecule has 3 aromatic rings. The second kappa shape index (κ2) is 12.5. The minimum absolute atomic E-state index is 0.00405. The molecule has 0 aliphatic heterocycles. The lowest BCUT2D eigenvalue weighted by Gasteiger charge is -2.28. The zero-order valence-electron chi connectivity index (χ0n) is 19.2. The maximum absolute atomic E-state index is 15.3. The van der Waals surface area contributed by atoms with Crippen molar-refractivity contribution >= 4 is 40.1 Å². The van der Waals surface area contributed by atoms with E-state index in [1.165, 1.54) is 13.2 Å². The molecule has 0 fully saturated rings. The highest BCUT2D eigenvalue weighted by Gasteiger charge is 2.23. The van der Waals surface area contributed by atoms with Gasteiger partial charge in [-0.3, -0.25) is 13.3 Å². The number of aromatic nitrogens is 1. The van der Waals surface area contributed by atoms with Gasteiger partial charge in [-0.15, -0.1) is 0 Å². The standard InChI is InChI=1S/C24H20ClF3N4O4S/c1-36-16-4-2-14(3-5-16)12-15(26)9-11-32(37(34)35)20-7-6-18(25)23(22(20)28)31-24(33)17-8-10-30-19(13-29)21(17)27/h2-8,10,15H,9,11-12H2,1H3,(H,31,33)(H,34,35)/p-1. The number of amides is 1. The summed E-state index contributed by atoms with van der Waals surface area (Å²) in [5, 5.41) is 10.7. The number of anilines is 2. The number of carbonyl (C=O) groups is 1. The highest BCUT2D eigenvalue weighted by Crippen LogP contribution is 2.34. The van der Waals surface area contributed by atoms with Crippen LogP contribution in [0.1, 0.15) is 28.0 Å². The molecule has 1 amide bonds. The molecule has 8 nitrogen and oxygen atoms in total. The van der Waals surface area contributed by atoms with Crippen molar-refractivity contribution in [3.8, 4) is 11.8 Å². The van der Waals surface area contributed by atoms with Crippen LogP contribution in [0.25, 0.3) is 0 Å². The Morgan fingerprint density at radius 2 is 1.95 bits per heavy atom. The average Bonchev–Trinajstić information content (AvgIpc) is 2.88. The molecule has 0 saturated carbocycles. The van der Waals surface area contributed by atoms with Gasteiger partial charge in [0.05, 0.1) is 29.1 Å². The highest BCUT2D eigenvalue weighted by atomic mass is 35.5. The van der Waals surface area contributed by atoms with Gasteiger partial charge in [-0.2, -0.15) is 5.26 Å². The number of carbonyl (C=O) groups excluding carboxylic acids is 1. The molecule has 13 heteroatoms. The first-order chi connectivity index (χ1) is 17.7. The van der Waals surface area contributed by atoms with Crippen LogP contribution < -0.4 is 14.4 Å². The van der Waals surface area contributed by atoms with Gasteiger partial charge in [0, 0.05) is 30.4 Å². The second-order valence-electron chi connectivity index (χ2n) is 7.60. The third-order valence-electron chi connectivity index (χ3n) is 5.26. The fourth-order valence-electron chi connectivity index (χ4n) is 3.38. The van der Waals surface area contributed by atoms with E-state index >= 15 is 4.39 Å². The topological polar surface area (TPSA) is 118 Å². The molecular weight excluding hydrogens is 533 g/mol. The first kappa shape index (κ1) is 27.9. The van der Waals surface area contributed by atoms with Gasteiger partial charge >= 0.3 is 0 Å². The number of methoxy groups -OCH3 is 1. The summed E-state index contributed by atoms with van der Waals surface area (Å²) in [6.45, 7) is -0.413. The van der Waals surface area contributed by atoms with E-state index < -0.39 is 64.2 Å². The third kappa shape index (κ3) is 6.76. The lowest BCUT2D eigenvalue weighted by atomic mass is 10.1. The van der Waals surface area contributed by atoms with Crippen molar-refractivity contribution in [2.75, 3.05) is 23.3 Å². The van der Waals surface area contributed by atoms with Crippen LogP contribution in [0.5, 0.6) is 5.75 Å². The molecule has 0 bridgehead atoms. The van der Waals surface area contributed by atoms with Crippen LogP contribution in [0.2, 0.25) is 5.02 Å². The SMILES string of the molecule is COc1ccc(CC(F)CCN(c2ccc(Cl)c(NC(=O)c3ccnc(C#N)c3F)c2F)S(=O)[O-])cc1. The molecular formula is C24H19ClF3N4O4S-. The minimum Gasteiger partial charge on any atom is -0.755 e. The summed E-state index contributed by atoms with van der Waals surface area (Å²) in [7, 11) is 1.50. The van der Waals surface area contributed by atoms with Crippen molar-refractivity contribution in [2.24, 2.45) is 0 Å². The molecule has 0 aliphatic rings. The summed E-state index contributed by atoms with van der Waals surface area (Å²) >= 11 is 3.00. The molecule has 194 valence electrons. The van der Waals surface area contributed by atoms with Crippen molar-refractivity contribution in [1.82, 2.24) is 4.98 Å². The molecule has 0 spiro atoms. The number of pyridine rings is 1. The van der Waals surface area contributed by atoms with Crippen molar-refractivity contribution < 1.29 is 31.5 Å². The average molecular weight is 552 g/mol. The predicted octanol–water partition coefficient (Wildman–Crippen LogP) is 4.72. The molecule has 1 aromatic heterocycles. The summed E-state index contributed by atoms with van der Waals surface area (Å²) in [6.07, 6.45) is -0.691. The van der Waals surface area contributed by atoms with E-state index in [1.54, 1.807) is 24.3 Å². The van der Waals surface area contributed by atoms with Crippen molar-refractivity contribution in [3.05, 3.63) is 82.1 Å². The van der Waals surface area contributed by atoms with Gasteiger partial charge < -0.3 is 14.6 Å². The molecule has 0 saturated heterocycles. The summed E-state index contributed by atoms with van der Waals surface area (Å²) in [5.41, 5.74) is -1.71. The number of hydrogen-bond donors (Lipinski definition) is 1. The van der Waals surface area contributed by atoms with Gasteiger partial charge in [0.1, 0.15) is 18.0 Å². The summed E-state index contributed by atoms with van der Waals surface area (Å²) in [5.74, 6) is -2.99. The maximum Gasteiger partial charge on any atom is 0.258 e. The first-order valence-electron chi connectivity index (χ1n) is 10.6. The van der Waals surface area contributed by atoms with Crippen LogP contribution in [-0.2, 0) is 17.7 Å². The number of hydrogen-bond acceptors (Lipinski definition) is 6. The van der Waals surface area contributed by atoms with E-state index in [1.807, 2.05) is 0 Å². The third-order valence-corrected chi connectivity index (χ3v) is 6.31. The molecule has 3 rings (SSSR count). The number of ether oxygens (including phenoxy) is 1. The quantitative estimate of drug-likeness (QED) is 0.364. The van der Waals surface area contributed by atoms with Gasteiger partial charge in [0.25, 0.3) is 5.91 Å². The Kier molecular flexibility index (Phi) is 9.46. The number of benzene rings is 2. The number of halogens is 4. The molecule has 0 aliphatic carbocycles. The minimum atomic E-state index is -3.00. The highest BCUT2D eigenvalue weighted by molar-refractivity contribution is 7.80. The molecule has 2 atom stereocenters. The smallest absolute Gasteiger partial charge is 0.258 e. The van der Waals surface area contributed by atoms with Crippen LogP contribution >= 0.6 is 11.6 Å². The largest absolute Gasteiger partial charge is 0.755 e. The van der Waals surface area contributed by atoms with Gasteiger partial charge in [-0.1, -0.05) is 23.7 Å². The van der Waals surface area contributed by atoms with Crippen molar-refractivity contribution in [1.29, 1.82) is 5.26 Å². The number of nitrogens with zero attached hydrogens (tertiary/aromatic N) is 3. The predicted molar refractivity (Wildman–Crippen MR) is 131 cm³/mol. The normalized spacial score (nSPS) is 12.4. The summed E-state index contributed by atoms with van der Waals surface area (Å²) in [4.78, 5) is 16.0. The maximum atomic E-state index is 15.3. The number of nitriles is 1. The Bertz CT molecular complexity index is 1360. The van der Waals surface area contributed by atoms with E-state index in [0.717, 1.165) is 24.4 Å². The number of nitrogens with one attached hydrogen (secondary N) is 1. The van der Waals surface area contributed by atoms with Crippen LogP contribution in [0, 0.1) is 23.0 Å². The van der Waals surface area contributed by atoms with E-state index in [-0.39, 0.29) is 17.9 Å². The summed E-state index contributed by atoms with van der Waals surface area (Å²) < 4.78 is 73.6. The van der Waals surface area contributed by atoms with E-state index in [0.29, 0.717) is 15.6 Å². The van der Waals surface area contributed by atoms with Gasteiger partial charge in [0.15, 0.2) is 17.3 Å². The monoisotopic (exact) mass is 551 g/mol. The van der Waals surface area contributed by atoms with E-state index in [4.69, 9.17) is 21.6 Å². The van der Waals surface area contributed by atoms with Crippen LogP contribution in [0.3, 0.4) is 0 Å². The van der Waals surface area contributed by atoms with Crippen LogP contribution in [-0.4, -0.2) is 39.5 Å². The Balaban J connectivity index is 1.78. The van der Waals surface area contributed by atoms with Gasteiger partial charge in [-0.25, -0.2) is 18.2 Å². The van der Waals surface area contributed by atoms with Crippen LogP contribution in [0.4, 0.5) is 24.5 Å². The van der Waals surface area contributed by atoms with Gasteiger partial charge in [-0.05, 0) is 42.3 Å². The van der Waals surface area contributed by atoms with Crippen LogP contribution in [0.15, 0.2) is 48.7 Å². The zero-order valence-corrected chi connectivity index (χ0v) is 20.8. The molecule has 2 unspecified atom stereocenters. The zero-order chi connectivity index (χ0) is 27.1. The van der Waals surface area contributed by atoms with Crippen molar-refractivity contribution in [2.45, 2.75) is 19.0 Å².